The van der Waals surface area contributed by atoms with Gasteiger partial charge in [-0.15, -0.1) is 0 Å². The molecule has 0 aliphatic carbocycles. The van der Waals surface area contributed by atoms with Gasteiger partial charge >= 0.3 is 0 Å². The number of hydrogen-bond donors (Lipinski definition) is 1. The summed E-state index contributed by atoms with van der Waals surface area (Å²) in [4.78, 5) is 10.2. The Kier molecular flexibility index (Phi) is 3.43. The van der Waals surface area contributed by atoms with E-state index in [2.05, 4.69) is 0 Å². The molecule has 4 nitrogen and oxygen atoms in total. The van der Waals surface area contributed by atoms with Gasteiger partial charge in [0.15, 0.2) is 0 Å². The fraction of sp³-hybridized carbons (Fsp3) is 0.333. The average molecular weight is 215 g/mol. The summed E-state index contributed by atoms with van der Waals surface area (Å²) in [6, 6.07) is 4.23. The maximum atomic E-state index is 10.7. The minimum Gasteiger partial charge on any atom is -0.324 e. The minimum atomic E-state index is -0.462. The third kappa shape index (κ3) is 2.21. The van der Waals surface area contributed by atoms with Crippen molar-refractivity contribution in [2.75, 3.05) is 0 Å². The molecule has 0 fully saturated rings. The van der Waals surface area contributed by atoms with Crippen LogP contribution < -0.4 is 5.73 Å². The quantitative estimate of drug-likeness (QED) is 0.621. The van der Waals surface area contributed by atoms with Gasteiger partial charge in [0.1, 0.15) is 0 Å². The van der Waals surface area contributed by atoms with Crippen molar-refractivity contribution < 1.29 is 4.92 Å². The number of nitrogens with two attached hydrogens (primary N) is 1. The van der Waals surface area contributed by atoms with Gasteiger partial charge in [0.2, 0.25) is 0 Å². The Morgan fingerprint density at radius 3 is 2.79 bits per heavy atom. The van der Waals surface area contributed by atoms with Crippen molar-refractivity contribution in [2.45, 2.75) is 19.4 Å². The molecule has 0 aromatic heterocycles. The van der Waals surface area contributed by atoms with Crippen LogP contribution in [0.15, 0.2) is 18.2 Å². The van der Waals surface area contributed by atoms with E-state index in [9.17, 15) is 10.1 Å². The highest BCUT2D eigenvalue weighted by Crippen LogP contribution is 2.28. The lowest BCUT2D eigenvalue weighted by Crippen LogP contribution is -2.10. The lowest BCUT2D eigenvalue weighted by molar-refractivity contribution is -0.385. The summed E-state index contributed by atoms with van der Waals surface area (Å²) >= 11 is 5.66. The van der Waals surface area contributed by atoms with Crippen molar-refractivity contribution in [3.8, 4) is 0 Å². The highest BCUT2D eigenvalue weighted by molar-refractivity contribution is 6.30. The summed E-state index contributed by atoms with van der Waals surface area (Å²) < 4.78 is 0. The highest BCUT2D eigenvalue weighted by atomic mass is 35.5. The van der Waals surface area contributed by atoms with Gasteiger partial charge in [-0.25, -0.2) is 0 Å². The number of nitro benzene ring substituents is 1. The summed E-state index contributed by atoms with van der Waals surface area (Å²) in [6.07, 6.45) is 0.655. The Labute approximate surface area is 86.8 Å². The molecule has 0 amide bonds. The molecule has 1 atom stereocenters. The van der Waals surface area contributed by atoms with Crippen LogP contribution in [0.5, 0.6) is 0 Å². The first kappa shape index (κ1) is 10.9. The van der Waals surface area contributed by atoms with Crippen LogP contribution in [0.25, 0.3) is 0 Å². The van der Waals surface area contributed by atoms with Gasteiger partial charge in [-0.2, -0.15) is 0 Å². The van der Waals surface area contributed by atoms with Crippen LogP contribution in [-0.2, 0) is 0 Å². The van der Waals surface area contributed by atoms with Crippen molar-refractivity contribution in [1.82, 2.24) is 0 Å². The molecule has 0 bridgehead atoms. The first-order valence-corrected chi connectivity index (χ1v) is 4.63. The number of nitro groups is 1. The van der Waals surface area contributed by atoms with Crippen LogP contribution in [0, 0.1) is 10.1 Å². The first-order valence-electron chi connectivity index (χ1n) is 4.25. The van der Waals surface area contributed by atoms with Crippen molar-refractivity contribution in [3.05, 3.63) is 38.9 Å². The van der Waals surface area contributed by atoms with Crippen molar-refractivity contribution in [2.24, 2.45) is 5.73 Å². The van der Waals surface area contributed by atoms with E-state index in [1.54, 1.807) is 12.1 Å². The number of rotatable bonds is 3. The number of nitrogens with zero attached hydrogens (tertiary/aromatic N) is 1. The van der Waals surface area contributed by atoms with Gasteiger partial charge in [-0.05, 0) is 18.6 Å². The van der Waals surface area contributed by atoms with E-state index in [0.29, 0.717) is 17.0 Å². The summed E-state index contributed by atoms with van der Waals surface area (Å²) in [5.41, 5.74) is 6.26. The van der Waals surface area contributed by atoms with E-state index in [4.69, 9.17) is 17.3 Å². The van der Waals surface area contributed by atoms with E-state index in [1.165, 1.54) is 6.07 Å². The van der Waals surface area contributed by atoms with Gasteiger partial charge in [0.05, 0.1) is 4.92 Å². The van der Waals surface area contributed by atoms with Crippen molar-refractivity contribution in [3.63, 3.8) is 0 Å². The normalized spacial score (nSPS) is 12.5. The second kappa shape index (κ2) is 4.39. The molecule has 0 aliphatic heterocycles. The number of benzene rings is 1. The molecule has 14 heavy (non-hydrogen) atoms. The molecule has 1 rings (SSSR count). The Bertz CT molecular complexity index is 355. The molecule has 0 saturated carbocycles. The predicted molar refractivity (Wildman–Crippen MR) is 55.3 cm³/mol. The predicted octanol–water partition coefficient (Wildman–Crippen LogP) is 2.66. The van der Waals surface area contributed by atoms with Crippen LogP contribution in [0.4, 0.5) is 5.69 Å². The van der Waals surface area contributed by atoms with Gasteiger partial charge in [0, 0.05) is 22.7 Å². The largest absolute Gasteiger partial charge is 0.324 e. The molecule has 0 unspecified atom stereocenters. The van der Waals surface area contributed by atoms with E-state index < -0.39 is 4.92 Å². The van der Waals surface area contributed by atoms with Crippen LogP contribution in [0.3, 0.4) is 0 Å². The van der Waals surface area contributed by atoms with E-state index in [0.717, 1.165) is 0 Å². The summed E-state index contributed by atoms with van der Waals surface area (Å²) in [5.74, 6) is 0. The number of halogens is 1. The molecule has 2 N–H and O–H groups in total. The molecule has 1 aromatic rings. The zero-order valence-electron chi connectivity index (χ0n) is 7.74. The lowest BCUT2D eigenvalue weighted by atomic mass is 10.0. The standard InChI is InChI=1S/C9H11ClN2O2/c1-2-8(11)7-4-3-6(10)5-9(7)12(13)14/h3-5,8H,2,11H2,1H3/t8-/m1/s1. The molecule has 0 saturated heterocycles. The van der Waals surface area contributed by atoms with E-state index >= 15 is 0 Å². The van der Waals surface area contributed by atoms with Gasteiger partial charge < -0.3 is 5.73 Å². The molecular formula is C9H11ClN2O2. The van der Waals surface area contributed by atoms with Crippen LogP contribution in [0.1, 0.15) is 24.9 Å². The smallest absolute Gasteiger partial charge is 0.275 e. The third-order valence-electron chi connectivity index (χ3n) is 2.03. The Morgan fingerprint density at radius 1 is 1.64 bits per heavy atom. The fourth-order valence-electron chi connectivity index (χ4n) is 1.21. The van der Waals surface area contributed by atoms with Gasteiger partial charge in [-0.1, -0.05) is 18.5 Å². The molecular weight excluding hydrogens is 204 g/mol. The SMILES string of the molecule is CC[C@@H](N)c1ccc(Cl)cc1[N+](=O)[O-]. The van der Waals surface area contributed by atoms with Crippen LogP contribution in [-0.4, -0.2) is 4.92 Å². The maximum absolute atomic E-state index is 10.7. The second-order valence-corrected chi connectivity index (χ2v) is 3.41. The molecule has 0 spiro atoms. The highest BCUT2D eigenvalue weighted by Gasteiger charge is 2.18. The van der Waals surface area contributed by atoms with Crippen molar-refractivity contribution in [1.29, 1.82) is 0 Å². The minimum absolute atomic E-state index is 0.00755. The summed E-state index contributed by atoms with van der Waals surface area (Å²) in [7, 11) is 0. The topological polar surface area (TPSA) is 69.2 Å². The van der Waals surface area contributed by atoms with Crippen LogP contribution in [0.2, 0.25) is 5.02 Å². The fourth-order valence-corrected chi connectivity index (χ4v) is 1.37. The Balaban J connectivity index is 3.21. The number of hydrogen-bond acceptors (Lipinski definition) is 3. The Hall–Kier alpha value is -1.13. The van der Waals surface area contributed by atoms with Crippen molar-refractivity contribution >= 4 is 17.3 Å². The van der Waals surface area contributed by atoms with E-state index in [1.807, 2.05) is 6.92 Å². The zero-order valence-corrected chi connectivity index (χ0v) is 8.49. The molecule has 5 heteroatoms. The summed E-state index contributed by atoms with van der Waals surface area (Å²) in [5, 5.41) is 11.0. The Morgan fingerprint density at radius 2 is 2.29 bits per heavy atom. The summed E-state index contributed by atoms with van der Waals surface area (Å²) in [6.45, 7) is 1.88. The maximum Gasteiger partial charge on any atom is 0.275 e. The molecule has 0 radical (unpaired) electrons. The van der Waals surface area contributed by atoms with Gasteiger partial charge in [0.25, 0.3) is 5.69 Å². The van der Waals surface area contributed by atoms with Gasteiger partial charge in [-0.3, -0.25) is 10.1 Å². The van der Waals surface area contributed by atoms with Crippen LogP contribution >= 0.6 is 11.6 Å². The third-order valence-corrected chi connectivity index (χ3v) is 2.26. The lowest BCUT2D eigenvalue weighted by Gasteiger charge is -2.09. The molecule has 1 aromatic carbocycles. The second-order valence-electron chi connectivity index (χ2n) is 2.97. The molecule has 0 aliphatic rings. The average Bonchev–Trinajstić information content (AvgIpc) is 2.16. The van der Waals surface area contributed by atoms with E-state index in [-0.39, 0.29) is 11.7 Å². The first-order chi connectivity index (χ1) is 6.56. The molecule has 76 valence electrons. The zero-order chi connectivity index (χ0) is 10.7. The monoisotopic (exact) mass is 214 g/mol. The molecule has 0 heterocycles.